The van der Waals surface area contributed by atoms with Crippen LogP contribution >= 0.6 is 0 Å². The van der Waals surface area contributed by atoms with Gasteiger partial charge in [0.1, 0.15) is 35.4 Å². The molecule has 2 unspecified atom stereocenters. The number of aliphatic hydroxyl groups is 1. The fourth-order valence-electron chi connectivity index (χ4n) is 7.90. The first kappa shape index (κ1) is 40.0. The van der Waals surface area contributed by atoms with Crippen LogP contribution < -0.4 is 14.9 Å². The second kappa shape index (κ2) is 14.0. The van der Waals surface area contributed by atoms with Gasteiger partial charge in [0.2, 0.25) is 15.9 Å². The smallest absolute Gasteiger partial charge is 0.295 e. The van der Waals surface area contributed by atoms with Crippen molar-refractivity contribution in [3.63, 3.8) is 0 Å². The van der Waals surface area contributed by atoms with Gasteiger partial charge in [-0.05, 0) is 62.1 Å². The number of pyridine rings is 1. The number of nitrogens with zero attached hydrogens (tertiary/aromatic N) is 6. The van der Waals surface area contributed by atoms with E-state index in [2.05, 4.69) is 20.2 Å². The summed E-state index contributed by atoms with van der Waals surface area (Å²) in [6.07, 6.45) is -2.90. The van der Waals surface area contributed by atoms with Crippen molar-refractivity contribution in [3.8, 4) is 11.1 Å². The quantitative estimate of drug-likeness (QED) is 0.127. The second-order valence-corrected chi connectivity index (χ2v) is 17.2. The average molecular weight is 819 g/mol. The summed E-state index contributed by atoms with van der Waals surface area (Å²) in [6, 6.07) is 9.90. The topological polar surface area (TPSA) is 147 Å². The number of para-hydroxylation sites is 1. The van der Waals surface area contributed by atoms with Gasteiger partial charge in [0, 0.05) is 53.7 Å². The van der Waals surface area contributed by atoms with Crippen molar-refractivity contribution in [1.82, 2.24) is 29.9 Å². The number of hydrogen-bond acceptors (Lipinski definition) is 8. The van der Waals surface area contributed by atoms with Gasteiger partial charge in [-0.15, -0.1) is 0 Å². The van der Waals surface area contributed by atoms with Crippen LogP contribution in [-0.2, 0) is 47.2 Å². The van der Waals surface area contributed by atoms with Crippen LogP contribution in [0.4, 0.5) is 38.0 Å². The Labute approximate surface area is 323 Å². The number of anilines is 2. The third kappa shape index (κ3) is 7.42. The van der Waals surface area contributed by atoms with Crippen LogP contribution in [-0.4, -0.2) is 68.9 Å². The Morgan fingerprint density at radius 1 is 1.00 bits per heavy atom. The van der Waals surface area contributed by atoms with Crippen LogP contribution in [0.1, 0.15) is 67.9 Å². The number of rotatable bonds is 12. The zero-order valence-corrected chi connectivity index (χ0v) is 32.4. The third-order valence-corrected chi connectivity index (χ3v) is 11.3. The molecular formula is C38H40F6N8O4S. The highest BCUT2D eigenvalue weighted by Gasteiger charge is 2.60. The first-order chi connectivity index (χ1) is 26.6. The summed E-state index contributed by atoms with van der Waals surface area (Å²) < 4.78 is 118. The fraction of sp³-hybridized carbons (Fsp3) is 0.421. The fourth-order valence-corrected chi connectivity index (χ4v) is 8.40. The molecule has 0 spiro atoms. The van der Waals surface area contributed by atoms with Crippen molar-refractivity contribution >= 4 is 38.5 Å². The molecule has 1 aliphatic heterocycles. The normalized spacial score (nSPS) is 19.1. The van der Waals surface area contributed by atoms with E-state index in [9.17, 15) is 35.9 Å². The number of halogens is 6. The molecule has 2 aromatic carbocycles. The first-order valence-electron chi connectivity index (χ1n) is 18.0. The van der Waals surface area contributed by atoms with Gasteiger partial charge < -0.3 is 15.3 Å². The molecular weight excluding hydrogens is 779 g/mol. The number of carbonyl (C=O) groups excluding carboxylic acids is 1. The lowest BCUT2D eigenvalue weighted by atomic mass is 9.81. The summed E-state index contributed by atoms with van der Waals surface area (Å²) in [4.78, 5) is 20.7. The summed E-state index contributed by atoms with van der Waals surface area (Å²) in [5, 5.41) is 21.8. The van der Waals surface area contributed by atoms with Crippen molar-refractivity contribution in [3.05, 3.63) is 88.4 Å². The summed E-state index contributed by atoms with van der Waals surface area (Å²) in [7, 11) is -2.16. The molecule has 3 aromatic heterocycles. The molecule has 5 aromatic rings. The van der Waals surface area contributed by atoms with Crippen LogP contribution in [0.15, 0.2) is 48.5 Å². The Balaban J connectivity index is 1.36. The summed E-state index contributed by atoms with van der Waals surface area (Å²) in [5.41, 5.74) is -3.12. The van der Waals surface area contributed by atoms with Crippen molar-refractivity contribution in [2.75, 3.05) is 29.0 Å². The molecule has 1 fully saturated rings. The number of benzene rings is 2. The average Bonchev–Trinajstić information content (AvgIpc) is 3.68. The summed E-state index contributed by atoms with van der Waals surface area (Å²) >= 11 is 0. The van der Waals surface area contributed by atoms with Crippen LogP contribution in [0, 0.1) is 17.0 Å². The molecule has 304 valence electrons. The Hall–Kier alpha value is -5.17. The largest absolute Gasteiger partial charge is 0.386 e. The zero-order valence-electron chi connectivity index (χ0n) is 31.5. The standard InChI is InChI=1S/C38H40F6N8O4S/c1-6-36(2)16-26-31(34(41)42)47-52(33(26)38(36,43)44)17-29(53)45-27(14-20-12-21(39)15-22(40)13-20)30-23(10-11-28(46-30)51-18-37(3,54)19-51)24-8-7-9-25-32(24)50(4)48-35(25)49-57(5,55)56/h7-13,15,27,34,54H,6,14,16-19H2,1-5H3,(H,45,53)(H,48,49). The summed E-state index contributed by atoms with van der Waals surface area (Å²) in [5.74, 6) is -5.95. The molecule has 7 rings (SSSR count). The highest BCUT2D eigenvalue weighted by molar-refractivity contribution is 7.92. The molecule has 12 nitrogen and oxygen atoms in total. The Morgan fingerprint density at radius 3 is 2.30 bits per heavy atom. The zero-order chi connectivity index (χ0) is 41.4. The van der Waals surface area contributed by atoms with E-state index < -0.39 is 74.9 Å². The number of sulfonamides is 1. The highest BCUT2D eigenvalue weighted by Crippen LogP contribution is 2.57. The van der Waals surface area contributed by atoms with Gasteiger partial charge in [0.15, 0.2) is 5.82 Å². The van der Waals surface area contributed by atoms with Crippen molar-refractivity contribution in [2.45, 2.75) is 70.6 Å². The van der Waals surface area contributed by atoms with Gasteiger partial charge in [-0.1, -0.05) is 26.0 Å². The molecule has 19 heteroatoms. The monoisotopic (exact) mass is 818 g/mol. The number of amides is 1. The maximum atomic E-state index is 16.0. The van der Waals surface area contributed by atoms with Crippen LogP contribution in [0.3, 0.4) is 0 Å². The second-order valence-electron chi connectivity index (χ2n) is 15.4. The first-order valence-corrected chi connectivity index (χ1v) is 19.9. The maximum absolute atomic E-state index is 16.0. The number of aromatic nitrogens is 5. The minimum atomic E-state index is -3.75. The predicted molar refractivity (Wildman–Crippen MR) is 199 cm³/mol. The molecule has 1 amide bonds. The summed E-state index contributed by atoms with van der Waals surface area (Å²) in [6.45, 7) is 3.96. The van der Waals surface area contributed by atoms with Gasteiger partial charge in [-0.2, -0.15) is 19.0 Å². The van der Waals surface area contributed by atoms with Crippen LogP contribution in [0.25, 0.3) is 22.0 Å². The molecule has 1 saturated heterocycles. The predicted octanol–water partition coefficient (Wildman–Crippen LogP) is 6.15. The molecule has 0 bridgehead atoms. The van der Waals surface area contributed by atoms with Crippen LogP contribution in [0.2, 0.25) is 0 Å². The molecule has 2 atom stereocenters. The number of carbonyl (C=O) groups is 1. The van der Waals surface area contributed by atoms with E-state index in [4.69, 9.17) is 4.98 Å². The highest BCUT2D eigenvalue weighted by atomic mass is 32.2. The van der Waals surface area contributed by atoms with Crippen molar-refractivity contribution in [1.29, 1.82) is 0 Å². The SMILES string of the molecule is CCC1(C)Cc2c(C(F)F)nn(CC(=O)NC(Cc3cc(F)cc(F)c3)c3nc(N4CC(C)(O)C4)ccc3-c3cccc4c(NS(C)(=O)=O)nn(C)c34)c2C1(F)F. The Bertz CT molecular complexity index is 2500. The van der Waals surface area contributed by atoms with Gasteiger partial charge in [-0.25, -0.2) is 31.0 Å². The number of β-amino-alcohol motifs (C(OH)–C–C–N with tert-alkyl or cyclic N) is 1. The number of nitrogens with one attached hydrogen (secondary N) is 2. The van der Waals surface area contributed by atoms with E-state index >= 15 is 8.78 Å². The minimum Gasteiger partial charge on any atom is -0.386 e. The maximum Gasteiger partial charge on any atom is 0.295 e. The molecule has 2 aliphatic rings. The number of aryl methyl sites for hydroxylation is 1. The van der Waals surface area contributed by atoms with E-state index in [0.29, 0.717) is 38.6 Å². The van der Waals surface area contributed by atoms with Gasteiger partial charge in [-0.3, -0.25) is 18.9 Å². The molecule has 0 saturated carbocycles. The lowest BCUT2D eigenvalue weighted by Crippen LogP contribution is -2.60. The van der Waals surface area contributed by atoms with Crippen molar-refractivity contribution in [2.24, 2.45) is 12.5 Å². The van der Waals surface area contributed by atoms with E-state index in [0.717, 1.165) is 18.4 Å². The van der Waals surface area contributed by atoms with E-state index in [1.54, 1.807) is 49.2 Å². The van der Waals surface area contributed by atoms with Gasteiger partial charge >= 0.3 is 0 Å². The molecule has 4 heterocycles. The minimum absolute atomic E-state index is 0.0387. The van der Waals surface area contributed by atoms with E-state index in [1.165, 1.54) is 18.5 Å². The molecule has 0 radical (unpaired) electrons. The molecule has 3 N–H and O–H groups in total. The van der Waals surface area contributed by atoms with Gasteiger partial charge in [0.25, 0.3) is 12.3 Å². The van der Waals surface area contributed by atoms with E-state index in [-0.39, 0.29) is 55.0 Å². The van der Waals surface area contributed by atoms with Gasteiger partial charge in [0.05, 0.1) is 29.1 Å². The van der Waals surface area contributed by atoms with Crippen molar-refractivity contribution < 1.29 is 44.7 Å². The lowest BCUT2D eigenvalue weighted by molar-refractivity contribution is -0.125. The Kier molecular flexibility index (Phi) is 9.86. The van der Waals surface area contributed by atoms with Crippen LogP contribution in [0.5, 0.6) is 0 Å². The Morgan fingerprint density at radius 2 is 1.68 bits per heavy atom. The number of hydrogen-bond donors (Lipinski definition) is 3. The number of fused-ring (bicyclic) bond motifs is 2. The number of alkyl halides is 4. The molecule has 57 heavy (non-hydrogen) atoms. The lowest BCUT2D eigenvalue weighted by Gasteiger charge is -2.45. The van der Waals surface area contributed by atoms with E-state index in [1.807, 2.05) is 0 Å². The molecule has 1 aliphatic carbocycles. The third-order valence-electron chi connectivity index (χ3n) is 10.7.